The Morgan fingerprint density at radius 1 is 1.23 bits per heavy atom. The Bertz CT molecular complexity index is 703. The SMILES string of the molecule is CN=C(NCc1cccc(NC(=O)CC(C)C)c1)NC1CCN(C2CCCC2)C1.I. The van der Waals surface area contributed by atoms with E-state index in [0.29, 0.717) is 24.9 Å². The van der Waals surface area contributed by atoms with E-state index in [1.807, 2.05) is 25.2 Å². The van der Waals surface area contributed by atoms with E-state index in [9.17, 15) is 4.79 Å². The molecule has 1 aromatic carbocycles. The molecule has 1 unspecified atom stereocenters. The van der Waals surface area contributed by atoms with Crippen LogP contribution >= 0.6 is 24.0 Å². The van der Waals surface area contributed by atoms with Crippen LogP contribution in [0.15, 0.2) is 29.3 Å². The second kappa shape index (κ2) is 12.5. The monoisotopic (exact) mass is 527 g/mol. The first-order valence-corrected chi connectivity index (χ1v) is 11.1. The van der Waals surface area contributed by atoms with Gasteiger partial charge in [0.1, 0.15) is 0 Å². The zero-order chi connectivity index (χ0) is 20.6. The summed E-state index contributed by atoms with van der Waals surface area (Å²) < 4.78 is 0. The normalized spacial score (nSPS) is 20.3. The molecule has 2 fully saturated rings. The summed E-state index contributed by atoms with van der Waals surface area (Å²) >= 11 is 0. The van der Waals surface area contributed by atoms with E-state index < -0.39 is 0 Å². The van der Waals surface area contributed by atoms with Gasteiger partial charge in [-0.3, -0.25) is 14.7 Å². The molecule has 1 heterocycles. The number of halogens is 1. The van der Waals surface area contributed by atoms with Crippen LogP contribution in [-0.4, -0.2) is 49.0 Å². The van der Waals surface area contributed by atoms with Gasteiger partial charge in [-0.2, -0.15) is 0 Å². The number of hydrogen-bond donors (Lipinski definition) is 3. The maximum atomic E-state index is 12.0. The van der Waals surface area contributed by atoms with Gasteiger partial charge in [0.15, 0.2) is 5.96 Å². The number of carbonyl (C=O) groups is 1. The van der Waals surface area contributed by atoms with Crippen LogP contribution in [0.1, 0.15) is 57.9 Å². The van der Waals surface area contributed by atoms with Crippen LogP contribution < -0.4 is 16.0 Å². The summed E-state index contributed by atoms with van der Waals surface area (Å²) in [5.41, 5.74) is 1.97. The van der Waals surface area contributed by atoms with Gasteiger partial charge in [-0.15, -0.1) is 24.0 Å². The van der Waals surface area contributed by atoms with Crippen LogP contribution in [0.5, 0.6) is 0 Å². The van der Waals surface area contributed by atoms with E-state index in [1.165, 1.54) is 38.6 Å². The highest BCUT2D eigenvalue weighted by Crippen LogP contribution is 2.26. The third-order valence-electron chi connectivity index (χ3n) is 5.89. The number of carbonyl (C=O) groups excluding carboxylic acids is 1. The lowest BCUT2D eigenvalue weighted by atomic mass is 10.1. The van der Waals surface area contributed by atoms with Crippen molar-refractivity contribution in [2.75, 3.05) is 25.5 Å². The Hall–Kier alpha value is -1.35. The molecular weight excluding hydrogens is 489 g/mol. The average Bonchev–Trinajstić information content (AvgIpc) is 3.36. The molecule has 0 aromatic heterocycles. The third-order valence-corrected chi connectivity index (χ3v) is 5.89. The number of anilines is 1. The molecule has 1 aliphatic heterocycles. The van der Waals surface area contributed by atoms with Crippen molar-refractivity contribution in [3.63, 3.8) is 0 Å². The van der Waals surface area contributed by atoms with E-state index in [-0.39, 0.29) is 29.9 Å². The van der Waals surface area contributed by atoms with E-state index in [4.69, 9.17) is 0 Å². The Balaban J connectivity index is 0.00000320. The molecule has 3 N–H and O–H groups in total. The van der Waals surface area contributed by atoms with E-state index in [1.54, 1.807) is 0 Å². The Morgan fingerprint density at radius 2 is 2.00 bits per heavy atom. The first kappa shape index (κ1) is 24.9. The lowest BCUT2D eigenvalue weighted by molar-refractivity contribution is -0.116. The number of aliphatic imine (C=N–C) groups is 1. The summed E-state index contributed by atoms with van der Waals surface area (Å²) in [4.78, 5) is 19.1. The average molecular weight is 527 g/mol. The predicted octanol–water partition coefficient (Wildman–Crippen LogP) is 3.97. The van der Waals surface area contributed by atoms with Crippen molar-refractivity contribution in [3.05, 3.63) is 29.8 Å². The topological polar surface area (TPSA) is 68.8 Å². The molecule has 1 saturated carbocycles. The number of likely N-dealkylation sites (tertiary alicyclic amines) is 1. The highest BCUT2D eigenvalue weighted by Gasteiger charge is 2.30. The number of hydrogen-bond acceptors (Lipinski definition) is 3. The van der Waals surface area contributed by atoms with Crippen molar-refractivity contribution >= 4 is 41.5 Å². The number of benzene rings is 1. The Morgan fingerprint density at radius 3 is 2.70 bits per heavy atom. The van der Waals surface area contributed by atoms with Crippen molar-refractivity contribution < 1.29 is 4.79 Å². The number of amides is 1. The third kappa shape index (κ3) is 7.72. The summed E-state index contributed by atoms with van der Waals surface area (Å²) in [5, 5.41) is 9.99. The molecule has 30 heavy (non-hydrogen) atoms. The smallest absolute Gasteiger partial charge is 0.224 e. The molecule has 6 nitrogen and oxygen atoms in total. The maximum Gasteiger partial charge on any atom is 0.224 e. The van der Waals surface area contributed by atoms with Gasteiger partial charge in [0, 0.05) is 50.9 Å². The lowest BCUT2D eigenvalue weighted by Crippen LogP contribution is -2.45. The summed E-state index contributed by atoms with van der Waals surface area (Å²) in [5.74, 6) is 1.27. The molecule has 7 heteroatoms. The summed E-state index contributed by atoms with van der Waals surface area (Å²) in [6, 6.07) is 9.26. The minimum atomic E-state index is 0. The molecule has 0 bridgehead atoms. The van der Waals surface area contributed by atoms with Gasteiger partial charge in [0.05, 0.1) is 0 Å². The van der Waals surface area contributed by atoms with Gasteiger partial charge in [-0.25, -0.2) is 0 Å². The van der Waals surface area contributed by atoms with E-state index >= 15 is 0 Å². The summed E-state index contributed by atoms with van der Waals surface area (Å²) in [6.45, 7) is 7.08. The van der Waals surface area contributed by atoms with Crippen molar-refractivity contribution in [2.45, 2.75) is 71.0 Å². The van der Waals surface area contributed by atoms with Crippen molar-refractivity contribution in [1.82, 2.24) is 15.5 Å². The number of nitrogens with zero attached hydrogens (tertiary/aromatic N) is 2. The summed E-state index contributed by atoms with van der Waals surface area (Å²) in [6.07, 6.45) is 7.22. The second-order valence-corrected chi connectivity index (χ2v) is 8.84. The van der Waals surface area contributed by atoms with Gasteiger partial charge in [-0.05, 0) is 42.9 Å². The second-order valence-electron chi connectivity index (χ2n) is 8.84. The molecule has 1 saturated heterocycles. The molecular formula is C23H38IN5O. The molecule has 1 aromatic rings. The van der Waals surface area contributed by atoms with Crippen molar-refractivity contribution in [3.8, 4) is 0 Å². The van der Waals surface area contributed by atoms with Crippen molar-refractivity contribution in [1.29, 1.82) is 0 Å². The highest BCUT2D eigenvalue weighted by atomic mass is 127. The lowest BCUT2D eigenvalue weighted by Gasteiger charge is -2.24. The van der Waals surface area contributed by atoms with Gasteiger partial charge in [0.25, 0.3) is 0 Å². The van der Waals surface area contributed by atoms with Crippen LogP contribution in [0.25, 0.3) is 0 Å². The predicted molar refractivity (Wildman–Crippen MR) is 136 cm³/mol. The first-order valence-electron chi connectivity index (χ1n) is 11.1. The van der Waals surface area contributed by atoms with Crippen LogP contribution in [0, 0.1) is 5.92 Å². The fourth-order valence-corrected chi connectivity index (χ4v) is 4.42. The molecule has 2 aliphatic rings. The first-order chi connectivity index (χ1) is 14.0. The molecule has 168 valence electrons. The number of nitrogens with one attached hydrogen (secondary N) is 3. The quantitative estimate of drug-likeness (QED) is 0.285. The maximum absolute atomic E-state index is 12.0. The molecule has 1 atom stereocenters. The van der Waals surface area contributed by atoms with Gasteiger partial charge < -0.3 is 16.0 Å². The highest BCUT2D eigenvalue weighted by molar-refractivity contribution is 14.0. The minimum absolute atomic E-state index is 0. The molecule has 1 aliphatic carbocycles. The Labute approximate surface area is 198 Å². The van der Waals surface area contributed by atoms with Gasteiger partial charge in [0.2, 0.25) is 5.91 Å². The van der Waals surface area contributed by atoms with Crippen LogP contribution in [-0.2, 0) is 11.3 Å². The van der Waals surface area contributed by atoms with Crippen molar-refractivity contribution in [2.24, 2.45) is 10.9 Å². The van der Waals surface area contributed by atoms with Gasteiger partial charge >= 0.3 is 0 Å². The fourth-order valence-electron chi connectivity index (χ4n) is 4.42. The zero-order valence-corrected chi connectivity index (χ0v) is 20.9. The zero-order valence-electron chi connectivity index (χ0n) is 18.6. The Kier molecular flexibility index (Phi) is 10.4. The standard InChI is InChI=1S/C23H37N5O.HI/c1-17(2)13-22(29)26-19-8-6-7-18(14-19)15-25-23(24-3)27-20-11-12-28(16-20)21-9-4-5-10-21;/h6-8,14,17,20-21H,4-5,9-13,15-16H2,1-3H3,(H,26,29)(H2,24,25,27);1H. The van der Waals surface area contributed by atoms with E-state index in [2.05, 4.69) is 45.8 Å². The van der Waals surface area contributed by atoms with Crippen LogP contribution in [0.4, 0.5) is 5.69 Å². The van der Waals surface area contributed by atoms with Crippen LogP contribution in [0.2, 0.25) is 0 Å². The number of rotatable bonds is 7. The molecule has 0 radical (unpaired) electrons. The molecule has 0 spiro atoms. The number of guanidine groups is 1. The van der Waals surface area contributed by atoms with Gasteiger partial charge in [-0.1, -0.05) is 38.8 Å². The molecule has 3 rings (SSSR count). The summed E-state index contributed by atoms with van der Waals surface area (Å²) in [7, 11) is 1.82. The fraction of sp³-hybridized carbons (Fsp3) is 0.652. The van der Waals surface area contributed by atoms with E-state index in [0.717, 1.165) is 29.8 Å². The minimum Gasteiger partial charge on any atom is -0.352 e. The van der Waals surface area contributed by atoms with Crippen LogP contribution in [0.3, 0.4) is 0 Å². The molecule has 1 amide bonds. The largest absolute Gasteiger partial charge is 0.352 e.